The number of ketones is 1. The van der Waals surface area contributed by atoms with Crippen molar-refractivity contribution >= 4 is 39.9 Å². The summed E-state index contributed by atoms with van der Waals surface area (Å²) in [6, 6.07) is 18.4. The summed E-state index contributed by atoms with van der Waals surface area (Å²) in [5, 5.41) is 22.4. The van der Waals surface area contributed by atoms with Gasteiger partial charge in [-0.2, -0.15) is 0 Å². The van der Waals surface area contributed by atoms with E-state index in [1.807, 2.05) is 0 Å². The quantitative estimate of drug-likeness (QED) is 0.365. The first-order chi connectivity index (χ1) is 16.4. The number of para-hydroxylation sites is 2. The van der Waals surface area contributed by atoms with Gasteiger partial charge in [-0.05, 0) is 54.1 Å². The second-order valence-corrected chi connectivity index (χ2v) is 8.16. The number of amides is 1. The fraction of sp³-hybridized carbons (Fsp3) is 0.0769. The van der Waals surface area contributed by atoms with Gasteiger partial charge >= 0.3 is 0 Å². The molecule has 0 radical (unpaired) electrons. The molecule has 0 aliphatic carbocycles. The number of aromatic hydroxyl groups is 1. The summed E-state index contributed by atoms with van der Waals surface area (Å²) >= 11 is 6.05. The zero-order chi connectivity index (χ0) is 24.0. The SMILES string of the molecule is COc1ccc(C2C(C(=O)c3cc4cc(Cl)ccc4o3)=C(O)C(=O)N2c2ccccc2O)cc1. The van der Waals surface area contributed by atoms with Crippen molar-refractivity contribution in [1.29, 1.82) is 0 Å². The van der Waals surface area contributed by atoms with Gasteiger partial charge in [0.25, 0.3) is 5.91 Å². The summed E-state index contributed by atoms with van der Waals surface area (Å²) in [6.07, 6.45) is 0. The predicted octanol–water partition coefficient (Wildman–Crippen LogP) is 5.58. The molecule has 7 nitrogen and oxygen atoms in total. The molecule has 2 N–H and O–H groups in total. The number of phenols is 1. The number of fused-ring (bicyclic) bond motifs is 1. The van der Waals surface area contributed by atoms with E-state index < -0.39 is 23.5 Å². The lowest BCUT2D eigenvalue weighted by molar-refractivity contribution is -0.117. The first kappa shape index (κ1) is 21.6. The lowest BCUT2D eigenvalue weighted by Crippen LogP contribution is -2.31. The average molecular weight is 476 g/mol. The highest BCUT2D eigenvalue weighted by Crippen LogP contribution is 2.45. The van der Waals surface area contributed by atoms with Gasteiger partial charge in [-0.25, -0.2) is 0 Å². The maximum Gasteiger partial charge on any atom is 0.294 e. The first-order valence-electron chi connectivity index (χ1n) is 10.3. The molecule has 170 valence electrons. The molecular weight excluding hydrogens is 458 g/mol. The Morgan fingerprint density at radius 3 is 2.47 bits per heavy atom. The second-order valence-electron chi connectivity index (χ2n) is 7.72. The third-order valence-corrected chi connectivity index (χ3v) is 5.96. The lowest BCUT2D eigenvalue weighted by Gasteiger charge is -2.27. The summed E-state index contributed by atoms with van der Waals surface area (Å²) in [5.41, 5.74) is 0.960. The number of aliphatic hydroxyl groups is 1. The molecule has 0 saturated carbocycles. The third kappa shape index (κ3) is 3.47. The molecule has 0 fully saturated rings. The van der Waals surface area contributed by atoms with E-state index in [9.17, 15) is 19.8 Å². The Morgan fingerprint density at radius 2 is 1.76 bits per heavy atom. The van der Waals surface area contributed by atoms with Crippen molar-refractivity contribution in [3.63, 3.8) is 0 Å². The van der Waals surface area contributed by atoms with Crippen molar-refractivity contribution in [2.24, 2.45) is 0 Å². The van der Waals surface area contributed by atoms with Crippen molar-refractivity contribution in [2.75, 3.05) is 12.0 Å². The van der Waals surface area contributed by atoms with Crippen LogP contribution in [0.1, 0.15) is 22.2 Å². The van der Waals surface area contributed by atoms with E-state index >= 15 is 0 Å². The van der Waals surface area contributed by atoms with Crippen LogP contribution in [0.4, 0.5) is 5.69 Å². The Hall–Kier alpha value is -4.23. The number of halogens is 1. The number of nitrogens with zero attached hydrogens (tertiary/aromatic N) is 1. The number of ether oxygens (including phenoxy) is 1. The van der Waals surface area contributed by atoms with Crippen LogP contribution in [0.25, 0.3) is 11.0 Å². The van der Waals surface area contributed by atoms with Crippen molar-refractivity contribution in [3.8, 4) is 11.5 Å². The fourth-order valence-corrected chi connectivity index (χ4v) is 4.29. The molecule has 1 aromatic heterocycles. The van der Waals surface area contributed by atoms with Gasteiger partial charge in [0.1, 0.15) is 17.1 Å². The molecule has 1 aliphatic rings. The maximum atomic E-state index is 13.6. The standard InChI is InChI=1S/C26H18ClNO6/c1-33-17-9-6-14(7-10-17)23-22(24(30)21-13-15-12-16(27)8-11-20(15)34-21)25(31)26(32)28(23)18-4-2-3-5-19(18)29/h2-13,23,29,31H,1H3. The first-order valence-corrected chi connectivity index (χ1v) is 10.7. The number of carbonyl (C=O) groups excluding carboxylic acids is 2. The zero-order valence-electron chi connectivity index (χ0n) is 17.9. The number of rotatable bonds is 5. The van der Waals surface area contributed by atoms with E-state index in [1.54, 1.807) is 54.6 Å². The van der Waals surface area contributed by atoms with Crippen LogP contribution >= 0.6 is 11.6 Å². The second kappa shape index (κ2) is 8.28. The van der Waals surface area contributed by atoms with E-state index in [0.29, 0.717) is 27.3 Å². The van der Waals surface area contributed by atoms with Crippen LogP contribution in [0.15, 0.2) is 88.5 Å². The van der Waals surface area contributed by atoms with E-state index in [4.69, 9.17) is 20.8 Å². The largest absolute Gasteiger partial charge is 0.506 e. The topological polar surface area (TPSA) is 100 Å². The maximum absolute atomic E-state index is 13.6. The summed E-state index contributed by atoms with van der Waals surface area (Å²) < 4.78 is 10.9. The highest BCUT2D eigenvalue weighted by Gasteiger charge is 2.46. The zero-order valence-corrected chi connectivity index (χ0v) is 18.6. The van der Waals surface area contributed by atoms with Crippen LogP contribution < -0.4 is 9.64 Å². The predicted molar refractivity (Wildman–Crippen MR) is 127 cm³/mol. The normalized spacial score (nSPS) is 15.9. The Bertz CT molecular complexity index is 1470. The summed E-state index contributed by atoms with van der Waals surface area (Å²) in [4.78, 5) is 28.0. The molecule has 4 aromatic rings. The van der Waals surface area contributed by atoms with Crippen molar-refractivity contribution in [2.45, 2.75) is 6.04 Å². The van der Waals surface area contributed by atoms with Gasteiger partial charge < -0.3 is 19.4 Å². The number of methoxy groups -OCH3 is 1. The number of benzene rings is 3. The van der Waals surface area contributed by atoms with Gasteiger partial charge in [0, 0.05) is 10.4 Å². The molecule has 34 heavy (non-hydrogen) atoms. The minimum atomic E-state index is -1.02. The minimum absolute atomic E-state index is 0.0516. The molecule has 1 unspecified atom stereocenters. The molecule has 1 aliphatic heterocycles. The number of aliphatic hydroxyl groups excluding tert-OH is 1. The fourth-order valence-electron chi connectivity index (χ4n) is 4.11. The van der Waals surface area contributed by atoms with E-state index in [0.717, 1.165) is 0 Å². The number of phenolic OH excluding ortho intramolecular Hbond substituents is 1. The van der Waals surface area contributed by atoms with Crippen LogP contribution in [-0.4, -0.2) is 29.0 Å². The van der Waals surface area contributed by atoms with Gasteiger partial charge in [-0.15, -0.1) is 0 Å². The van der Waals surface area contributed by atoms with Crippen LogP contribution in [0.3, 0.4) is 0 Å². The summed E-state index contributed by atoms with van der Waals surface area (Å²) in [5.74, 6) is -1.83. The molecule has 1 atom stereocenters. The number of hydrogen-bond acceptors (Lipinski definition) is 6. The monoisotopic (exact) mass is 475 g/mol. The molecule has 8 heteroatoms. The van der Waals surface area contributed by atoms with Crippen LogP contribution in [0.5, 0.6) is 11.5 Å². The van der Waals surface area contributed by atoms with Crippen LogP contribution in [0.2, 0.25) is 5.02 Å². The Balaban J connectivity index is 1.67. The van der Waals surface area contributed by atoms with Gasteiger partial charge in [-0.3, -0.25) is 14.5 Å². The van der Waals surface area contributed by atoms with Gasteiger partial charge in [-0.1, -0.05) is 35.9 Å². The van der Waals surface area contributed by atoms with Gasteiger partial charge in [0.2, 0.25) is 5.78 Å². The lowest BCUT2D eigenvalue weighted by atomic mass is 9.94. The molecule has 0 bridgehead atoms. The molecule has 3 aromatic carbocycles. The average Bonchev–Trinajstić information content (AvgIpc) is 3.38. The van der Waals surface area contributed by atoms with Gasteiger partial charge in [0.05, 0.1) is 24.4 Å². The van der Waals surface area contributed by atoms with E-state index in [1.165, 1.54) is 30.2 Å². The van der Waals surface area contributed by atoms with Gasteiger partial charge in [0.15, 0.2) is 11.5 Å². The van der Waals surface area contributed by atoms with E-state index in [-0.39, 0.29) is 22.8 Å². The Morgan fingerprint density at radius 1 is 1.03 bits per heavy atom. The number of anilines is 1. The summed E-state index contributed by atoms with van der Waals surface area (Å²) in [6.45, 7) is 0. The molecule has 5 rings (SSSR count). The Labute approximate surface area is 199 Å². The highest BCUT2D eigenvalue weighted by atomic mass is 35.5. The minimum Gasteiger partial charge on any atom is -0.506 e. The van der Waals surface area contributed by atoms with Crippen LogP contribution in [-0.2, 0) is 4.79 Å². The highest BCUT2D eigenvalue weighted by molar-refractivity contribution is 6.31. The van der Waals surface area contributed by atoms with Crippen molar-refractivity contribution in [3.05, 3.63) is 100 Å². The molecule has 2 heterocycles. The number of carbonyl (C=O) groups is 2. The van der Waals surface area contributed by atoms with Crippen LogP contribution in [0, 0.1) is 0 Å². The number of hydrogen-bond donors (Lipinski definition) is 2. The molecular formula is C26H18ClNO6. The van der Waals surface area contributed by atoms with E-state index in [2.05, 4.69) is 0 Å². The molecule has 0 saturated heterocycles. The van der Waals surface area contributed by atoms with Crippen molar-refractivity contribution < 1.29 is 29.0 Å². The summed E-state index contributed by atoms with van der Waals surface area (Å²) in [7, 11) is 1.52. The molecule has 0 spiro atoms. The van der Waals surface area contributed by atoms with Crippen molar-refractivity contribution in [1.82, 2.24) is 0 Å². The third-order valence-electron chi connectivity index (χ3n) is 5.73. The molecule has 1 amide bonds. The smallest absolute Gasteiger partial charge is 0.294 e. The number of furan rings is 1. The number of Topliss-reactive ketones (excluding diaryl/α,β-unsaturated/α-hetero) is 1. The Kier molecular flexibility index (Phi) is 5.26.